The summed E-state index contributed by atoms with van der Waals surface area (Å²) in [6, 6.07) is -1.66. The Morgan fingerprint density at radius 3 is 0.696 bits per heavy atom. The van der Waals surface area contributed by atoms with Gasteiger partial charge >= 0.3 is 0 Å². The molecule has 0 spiro atoms. The van der Waals surface area contributed by atoms with E-state index in [-0.39, 0.29) is 0 Å². The minimum atomic E-state index is -2.16. The lowest BCUT2D eigenvalue weighted by Crippen LogP contribution is -2.70. The number of carbonyl (C=O) groups excluding carboxylic acids is 1. The van der Waals surface area contributed by atoms with Gasteiger partial charge in [-0.25, -0.2) is 0 Å². The second-order valence-electron chi connectivity index (χ2n) is 17.6. The molecule has 0 aromatic rings. The molecule has 31 heteroatoms. The van der Waals surface area contributed by atoms with E-state index in [4.69, 9.17) is 56.8 Å². The Labute approximate surface area is 390 Å². The highest BCUT2D eigenvalue weighted by molar-refractivity contribution is 5.73. The quantitative estimate of drug-likeness (QED) is 0.113. The lowest BCUT2D eigenvalue weighted by Gasteiger charge is -2.51. The molecule has 22 saturated heterocycles. The standard InChI is InChI=1S/C38H63NO30/c1-8(46)39-15-16(47)33-58-9(2-40)27(15)64-34-22(53)17(48)29(11(4-42)59-34)66-36-24(55)19(50)31(13(6-44)61-36)68-38-26(57)21(52)32(14(7-45)63-38)69-37-25(56)20(51)30(12(5-43)62-37)67-35-23(54)18(49)28(65-33)10(3-41)60-35/h9-38,40-45,47-57H,2-7H2,1H3,(H,39,46)/t9-,10-,11-,12-,13-,14-,15+,16+,17-,18-,19-,20-,21-,22-,23-,24-,25-,26-,27-,28-,29-,30-,31-,32-,33-,34-,35-,36-,37-,38-/m1/s1. The lowest BCUT2D eigenvalue weighted by atomic mass is 9.93. The highest BCUT2D eigenvalue weighted by Crippen LogP contribution is 2.38. The van der Waals surface area contributed by atoms with Gasteiger partial charge in [-0.15, -0.1) is 0 Å². The molecule has 400 valence electrons. The van der Waals surface area contributed by atoms with Gasteiger partial charge in [0.05, 0.1) is 45.7 Å². The molecule has 0 aromatic carbocycles. The fraction of sp³-hybridized carbons (Fsp3) is 0.974. The maximum Gasteiger partial charge on any atom is 0.217 e. The molecule has 1 amide bonds. The van der Waals surface area contributed by atoms with Crippen molar-refractivity contribution < 1.29 is 148 Å². The summed E-state index contributed by atoms with van der Waals surface area (Å²) < 4.78 is 68.7. The predicted octanol–water partition coefficient (Wildman–Crippen LogP) is -12.9. The van der Waals surface area contributed by atoms with Crippen LogP contribution in [0.25, 0.3) is 0 Å². The largest absolute Gasteiger partial charge is 0.394 e. The van der Waals surface area contributed by atoms with E-state index in [1.165, 1.54) is 0 Å². The Bertz CT molecular complexity index is 1630. The first-order valence-corrected chi connectivity index (χ1v) is 22.1. The number of aliphatic hydroxyl groups excluding tert-OH is 17. The van der Waals surface area contributed by atoms with Crippen LogP contribution in [0.1, 0.15) is 6.92 Å². The van der Waals surface area contributed by atoms with Crippen molar-refractivity contribution in [3.8, 4) is 0 Å². The Hall–Kier alpha value is -1.69. The van der Waals surface area contributed by atoms with Crippen molar-refractivity contribution in [1.29, 1.82) is 0 Å². The van der Waals surface area contributed by atoms with E-state index in [2.05, 4.69) is 5.32 Å². The number of carbonyl (C=O) groups is 1. The molecule has 69 heavy (non-hydrogen) atoms. The molecule has 12 bridgehead atoms. The summed E-state index contributed by atoms with van der Waals surface area (Å²) in [5.74, 6) is -0.804. The van der Waals surface area contributed by atoms with Gasteiger partial charge in [0.15, 0.2) is 37.7 Å². The summed E-state index contributed by atoms with van der Waals surface area (Å²) in [6.45, 7) is -4.98. The van der Waals surface area contributed by atoms with Gasteiger partial charge in [-0.1, -0.05) is 0 Å². The Morgan fingerprint density at radius 1 is 0.304 bits per heavy atom. The summed E-state index contributed by atoms with van der Waals surface area (Å²) in [4.78, 5) is 12.5. The third-order valence-electron chi connectivity index (χ3n) is 13.1. The molecular formula is C38H63NO30. The maximum absolute atomic E-state index is 12.5. The molecule has 22 aliphatic heterocycles. The maximum atomic E-state index is 12.5. The van der Waals surface area contributed by atoms with Gasteiger partial charge in [0.1, 0.15) is 140 Å². The monoisotopic (exact) mass is 1010 g/mol. The van der Waals surface area contributed by atoms with Gasteiger partial charge < -0.3 is 149 Å². The molecule has 0 radical (unpaired) electrons. The highest BCUT2D eigenvalue weighted by atomic mass is 16.8. The minimum absolute atomic E-state index is 0.804. The van der Waals surface area contributed by atoms with Crippen molar-refractivity contribution >= 4 is 5.91 Å². The molecule has 31 nitrogen and oxygen atoms in total. The number of nitrogens with one attached hydrogen (secondary N) is 1. The zero-order chi connectivity index (χ0) is 50.3. The summed E-state index contributed by atoms with van der Waals surface area (Å²) in [7, 11) is 0. The van der Waals surface area contributed by atoms with Crippen LogP contribution in [0.5, 0.6) is 0 Å². The fourth-order valence-corrected chi connectivity index (χ4v) is 9.35. The van der Waals surface area contributed by atoms with Crippen LogP contribution in [0, 0.1) is 0 Å². The average Bonchev–Trinajstić information content (AvgIpc) is 3.33. The lowest BCUT2D eigenvalue weighted by molar-refractivity contribution is -0.401. The van der Waals surface area contributed by atoms with E-state index in [0.717, 1.165) is 6.92 Å². The first-order chi connectivity index (χ1) is 32.8. The van der Waals surface area contributed by atoms with Crippen molar-refractivity contribution in [2.75, 3.05) is 39.6 Å². The molecule has 22 aliphatic rings. The molecule has 0 saturated carbocycles. The first-order valence-electron chi connectivity index (χ1n) is 22.1. The zero-order valence-electron chi connectivity index (χ0n) is 36.5. The molecular weight excluding hydrogens is 950 g/mol. The third-order valence-corrected chi connectivity index (χ3v) is 13.1. The Balaban J connectivity index is 1.22. The smallest absolute Gasteiger partial charge is 0.217 e. The van der Waals surface area contributed by atoms with Gasteiger partial charge in [-0.3, -0.25) is 4.79 Å². The second-order valence-corrected chi connectivity index (χ2v) is 17.6. The zero-order valence-corrected chi connectivity index (χ0v) is 36.5. The summed E-state index contributed by atoms with van der Waals surface area (Å²) in [5.41, 5.74) is 0. The van der Waals surface area contributed by atoms with E-state index in [1.54, 1.807) is 0 Å². The van der Waals surface area contributed by atoms with Crippen LogP contribution in [0.3, 0.4) is 0 Å². The summed E-state index contributed by atoms with van der Waals surface area (Å²) >= 11 is 0. The van der Waals surface area contributed by atoms with Crippen LogP contribution in [0.2, 0.25) is 0 Å². The van der Waals surface area contributed by atoms with Crippen LogP contribution in [-0.4, -0.2) is 317 Å². The Morgan fingerprint density at radius 2 is 0.493 bits per heavy atom. The summed E-state index contributed by atoms with van der Waals surface area (Å²) in [5, 5.41) is 189. The SMILES string of the molecule is CC(=O)N[C@H]1[C@H](O)[C@H]2O[C@H]3[C@H](O)[C@@H](O)[C@@H](O[C@H]4[C@H](O)[C@@H](O)[C@@H](O[C@H]5[C@H](O)[C@@H](O)[C@@H](O[C@H]6[C@H](O)[C@@H](O)[C@@H](O[C@H]7[C@H](O)[C@@H](O)[C@@H](O[C@@H]1[C@@H](CO)O2)O[C@@H]7CO)O[C@@H]6CO)O[C@@H]5CO)O[C@@H]4CO)O[C@@H]3CO. The first kappa shape index (κ1) is 55.1. The van der Waals surface area contributed by atoms with Gasteiger partial charge in [0.25, 0.3) is 0 Å². The molecule has 18 N–H and O–H groups in total. The molecule has 0 aliphatic carbocycles. The van der Waals surface area contributed by atoms with Gasteiger partial charge in [0.2, 0.25) is 5.91 Å². The van der Waals surface area contributed by atoms with Crippen LogP contribution < -0.4 is 5.32 Å². The predicted molar refractivity (Wildman–Crippen MR) is 207 cm³/mol. The number of rotatable bonds is 7. The average molecular weight is 1010 g/mol. The van der Waals surface area contributed by atoms with Crippen molar-refractivity contribution in [3.05, 3.63) is 0 Å². The molecule has 22 fully saturated rings. The van der Waals surface area contributed by atoms with Gasteiger partial charge in [-0.2, -0.15) is 0 Å². The molecule has 22 rings (SSSR count). The number of hydrogen-bond donors (Lipinski definition) is 18. The van der Waals surface area contributed by atoms with Crippen LogP contribution in [0.15, 0.2) is 0 Å². The Kier molecular flexibility index (Phi) is 18.6. The van der Waals surface area contributed by atoms with Crippen molar-refractivity contribution in [2.45, 2.75) is 191 Å². The number of ether oxygens (including phenoxy) is 12. The van der Waals surface area contributed by atoms with Gasteiger partial charge in [0, 0.05) is 6.92 Å². The van der Waals surface area contributed by atoms with Gasteiger partial charge in [-0.05, 0) is 0 Å². The van der Waals surface area contributed by atoms with E-state index in [9.17, 15) is 91.6 Å². The number of aliphatic hydroxyl groups is 17. The fourth-order valence-electron chi connectivity index (χ4n) is 9.35. The van der Waals surface area contributed by atoms with E-state index in [1.807, 2.05) is 0 Å². The molecule has 22 heterocycles. The molecule has 30 atom stereocenters. The molecule has 0 aromatic heterocycles. The van der Waals surface area contributed by atoms with E-state index in [0.29, 0.717) is 0 Å². The van der Waals surface area contributed by atoms with E-state index < -0.39 is 230 Å². The van der Waals surface area contributed by atoms with Crippen molar-refractivity contribution in [1.82, 2.24) is 5.32 Å². The van der Waals surface area contributed by atoms with E-state index >= 15 is 0 Å². The third kappa shape index (κ3) is 10.9. The van der Waals surface area contributed by atoms with Crippen LogP contribution >= 0.6 is 0 Å². The highest BCUT2D eigenvalue weighted by Gasteiger charge is 2.59. The van der Waals surface area contributed by atoms with Crippen LogP contribution in [-0.2, 0) is 61.6 Å². The number of hydrogen-bond acceptors (Lipinski definition) is 30. The topological polar surface area (TPSA) is 484 Å². The molecule has 0 unspecified atom stereocenters. The van der Waals surface area contributed by atoms with Crippen molar-refractivity contribution in [3.63, 3.8) is 0 Å². The minimum Gasteiger partial charge on any atom is -0.394 e. The van der Waals surface area contributed by atoms with Crippen LogP contribution in [0.4, 0.5) is 0 Å². The van der Waals surface area contributed by atoms with Crippen molar-refractivity contribution in [2.24, 2.45) is 0 Å². The summed E-state index contributed by atoms with van der Waals surface area (Å²) in [6.07, 6.45) is -56.3. The normalized spacial score (nSPS) is 53.4. The second kappa shape index (κ2) is 23.2. The number of amides is 1.